The van der Waals surface area contributed by atoms with Gasteiger partial charge >= 0.3 is 0 Å². The largest absolute Gasteiger partial charge is 0.378 e. The molecule has 0 aromatic heterocycles. The molecule has 3 amide bonds. The van der Waals surface area contributed by atoms with Crippen molar-refractivity contribution in [2.45, 2.75) is 92.8 Å². The number of likely N-dealkylation sites (N-methyl/N-ethyl adjacent to an activating group) is 2. The lowest BCUT2D eigenvalue weighted by atomic mass is 9.76. The van der Waals surface area contributed by atoms with Crippen LogP contribution in [0, 0.1) is 25.2 Å². The van der Waals surface area contributed by atoms with E-state index >= 15 is 0 Å². The molecular formula is C33H54N4O4. The van der Waals surface area contributed by atoms with Crippen molar-refractivity contribution in [3.8, 4) is 0 Å². The van der Waals surface area contributed by atoms with Crippen molar-refractivity contribution in [2.24, 2.45) is 11.3 Å². The van der Waals surface area contributed by atoms with Crippen molar-refractivity contribution in [1.82, 2.24) is 20.4 Å². The summed E-state index contributed by atoms with van der Waals surface area (Å²) >= 11 is 0. The number of nitrogens with zero attached hydrogens (tertiary/aromatic N) is 2. The van der Waals surface area contributed by atoms with Gasteiger partial charge in [0.05, 0.1) is 25.3 Å². The molecule has 1 aromatic rings. The highest BCUT2D eigenvalue weighted by Gasteiger charge is 2.41. The second-order valence-electron chi connectivity index (χ2n) is 13.5. The molecule has 0 radical (unpaired) electrons. The first-order valence-electron chi connectivity index (χ1n) is 14.8. The highest BCUT2D eigenvalue weighted by Crippen LogP contribution is 2.30. The quantitative estimate of drug-likeness (QED) is 0.415. The Labute approximate surface area is 248 Å². The maximum absolute atomic E-state index is 14.1. The first-order chi connectivity index (χ1) is 18.9. The smallest absolute Gasteiger partial charge is 0.249 e. The van der Waals surface area contributed by atoms with Gasteiger partial charge in [0.15, 0.2) is 0 Å². The predicted molar refractivity (Wildman–Crippen MR) is 166 cm³/mol. The van der Waals surface area contributed by atoms with Crippen molar-refractivity contribution in [3.05, 3.63) is 46.5 Å². The van der Waals surface area contributed by atoms with Gasteiger partial charge in [0.2, 0.25) is 17.7 Å². The van der Waals surface area contributed by atoms with E-state index in [1.54, 1.807) is 30.8 Å². The minimum atomic E-state index is -0.767. The molecular weight excluding hydrogens is 516 g/mol. The molecule has 8 heteroatoms. The van der Waals surface area contributed by atoms with Crippen LogP contribution in [0.15, 0.2) is 29.8 Å². The Morgan fingerprint density at radius 2 is 1.59 bits per heavy atom. The lowest BCUT2D eigenvalue weighted by Gasteiger charge is -2.40. The van der Waals surface area contributed by atoms with E-state index in [-0.39, 0.29) is 29.7 Å². The lowest BCUT2D eigenvalue weighted by Crippen LogP contribution is -2.61. The lowest BCUT2D eigenvalue weighted by molar-refractivity contribution is -0.141. The Hall–Kier alpha value is -2.71. The fraction of sp³-hybridized carbons (Fsp3) is 0.667. The van der Waals surface area contributed by atoms with Gasteiger partial charge in [0, 0.05) is 31.1 Å². The number of amides is 3. The van der Waals surface area contributed by atoms with Crippen LogP contribution in [0.5, 0.6) is 0 Å². The molecule has 8 nitrogen and oxygen atoms in total. The van der Waals surface area contributed by atoms with Crippen LogP contribution in [-0.4, -0.2) is 86.0 Å². The third-order valence-corrected chi connectivity index (χ3v) is 8.46. The average Bonchev–Trinajstić information content (AvgIpc) is 2.90. The van der Waals surface area contributed by atoms with Crippen LogP contribution in [0.2, 0.25) is 0 Å². The number of benzene rings is 1. The number of hydrogen-bond acceptors (Lipinski definition) is 5. The second kappa shape index (κ2) is 14.0. The van der Waals surface area contributed by atoms with Crippen LogP contribution in [0.4, 0.5) is 0 Å². The monoisotopic (exact) mass is 570 g/mol. The highest BCUT2D eigenvalue weighted by molar-refractivity contribution is 5.94. The summed E-state index contributed by atoms with van der Waals surface area (Å²) in [6.45, 7) is 22.2. The van der Waals surface area contributed by atoms with E-state index in [1.807, 2.05) is 54.5 Å². The Morgan fingerprint density at radius 3 is 2.07 bits per heavy atom. The number of hydrogen-bond donors (Lipinski definition) is 2. The van der Waals surface area contributed by atoms with E-state index in [9.17, 15) is 14.4 Å². The summed E-state index contributed by atoms with van der Waals surface area (Å²) in [5.74, 6) is -0.397. The number of morpholine rings is 1. The molecule has 3 atom stereocenters. The van der Waals surface area contributed by atoms with Crippen LogP contribution < -0.4 is 10.6 Å². The number of carbonyl (C=O) groups is 3. The molecule has 2 rings (SSSR count). The summed E-state index contributed by atoms with van der Waals surface area (Å²) in [6.07, 6.45) is 1.89. The molecule has 1 saturated heterocycles. The van der Waals surface area contributed by atoms with Crippen LogP contribution in [0.3, 0.4) is 0 Å². The van der Waals surface area contributed by atoms with E-state index in [1.165, 1.54) is 11.1 Å². The number of ether oxygens (including phenoxy) is 1. The Kier molecular flexibility index (Phi) is 11.8. The van der Waals surface area contributed by atoms with Crippen LogP contribution >= 0.6 is 0 Å². The molecule has 1 heterocycles. The van der Waals surface area contributed by atoms with Gasteiger partial charge in [0.25, 0.3) is 0 Å². The summed E-state index contributed by atoms with van der Waals surface area (Å²) in [5, 5.41) is 6.32. The second-order valence-corrected chi connectivity index (χ2v) is 13.5. The van der Waals surface area contributed by atoms with Crippen molar-refractivity contribution >= 4 is 17.7 Å². The Morgan fingerprint density at radius 1 is 1.00 bits per heavy atom. The molecule has 41 heavy (non-hydrogen) atoms. The van der Waals surface area contributed by atoms with Gasteiger partial charge in [0.1, 0.15) is 6.04 Å². The Balaban J connectivity index is 2.33. The fourth-order valence-corrected chi connectivity index (χ4v) is 5.45. The summed E-state index contributed by atoms with van der Waals surface area (Å²) in [5.41, 5.74) is 2.95. The zero-order valence-electron chi connectivity index (χ0n) is 27.5. The third kappa shape index (κ3) is 8.41. The molecule has 0 saturated carbocycles. The standard InChI is InChI=1S/C33H54N4O4/c1-21(2)26(20-24(5)30(39)37-15-17-41-18-16-37)36(12)31(40)28(32(6,7)8)35-29(38)27(34-11)33(9,10)25-14-13-22(3)23(4)19-25/h13-14,19-21,26-28,34H,15-18H2,1-12H3,(H,35,38)/t26-,27+,28-/m1/s1. The normalized spacial score (nSPS) is 17.2. The maximum atomic E-state index is 14.1. The fourth-order valence-electron chi connectivity index (χ4n) is 5.45. The zero-order chi connectivity index (χ0) is 31.3. The summed E-state index contributed by atoms with van der Waals surface area (Å²) < 4.78 is 5.38. The van der Waals surface area contributed by atoms with Crippen molar-refractivity contribution in [2.75, 3.05) is 40.4 Å². The van der Waals surface area contributed by atoms with Gasteiger partial charge in [-0.3, -0.25) is 14.4 Å². The zero-order valence-corrected chi connectivity index (χ0v) is 27.5. The number of rotatable bonds is 10. The van der Waals surface area contributed by atoms with E-state index in [4.69, 9.17) is 4.74 Å². The molecule has 2 N–H and O–H groups in total. The SMILES string of the molecule is CN[C@@H](C(=O)N[C@H](C(=O)N(C)[C@H](C=C(C)C(=O)N1CCOCC1)C(C)C)C(C)(C)C)C(C)(C)c1ccc(C)c(C)c1. The van der Waals surface area contributed by atoms with Gasteiger partial charge in [-0.25, -0.2) is 0 Å². The minimum Gasteiger partial charge on any atom is -0.378 e. The van der Waals surface area contributed by atoms with E-state index < -0.39 is 22.9 Å². The number of carbonyl (C=O) groups excluding carboxylic acids is 3. The van der Waals surface area contributed by atoms with Crippen molar-refractivity contribution < 1.29 is 19.1 Å². The van der Waals surface area contributed by atoms with Crippen molar-refractivity contribution in [3.63, 3.8) is 0 Å². The topological polar surface area (TPSA) is 91.0 Å². The van der Waals surface area contributed by atoms with Gasteiger partial charge in [-0.1, -0.05) is 72.7 Å². The van der Waals surface area contributed by atoms with Crippen LogP contribution in [0.1, 0.15) is 72.1 Å². The van der Waals surface area contributed by atoms with E-state index in [0.29, 0.717) is 31.9 Å². The molecule has 1 fully saturated rings. The summed E-state index contributed by atoms with van der Waals surface area (Å²) in [4.78, 5) is 44.5. The summed E-state index contributed by atoms with van der Waals surface area (Å²) in [6, 6.07) is 4.63. The molecule has 1 aromatic carbocycles. The van der Waals surface area contributed by atoms with Gasteiger partial charge in [-0.05, 0) is 55.8 Å². The van der Waals surface area contributed by atoms with Gasteiger partial charge in [-0.2, -0.15) is 0 Å². The van der Waals surface area contributed by atoms with Crippen LogP contribution in [0.25, 0.3) is 0 Å². The first kappa shape index (κ1) is 34.5. The summed E-state index contributed by atoms with van der Waals surface area (Å²) in [7, 11) is 3.54. The third-order valence-electron chi connectivity index (χ3n) is 8.46. The van der Waals surface area contributed by atoms with Gasteiger partial charge < -0.3 is 25.2 Å². The minimum absolute atomic E-state index is 0.0362. The Bertz CT molecular complexity index is 1110. The average molecular weight is 571 g/mol. The molecule has 0 spiro atoms. The molecule has 230 valence electrons. The van der Waals surface area contributed by atoms with E-state index in [2.05, 4.69) is 42.7 Å². The highest BCUT2D eigenvalue weighted by atomic mass is 16.5. The predicted octanol–water partition coefficient (Wildman–Crippen LogP) is 3.99. The molecule has 0 bridgehead atoms. The molecule has 1 aliphatic heterocycles. The molecule has 0 unspecified atom stereocenters. The van der Waals surface area contributed by atoms with Crippen LogP contribution in [-0.2, 0) is 24.5 Å². The molecule has 1 aliphatic rings. The van der Waals surface area contributed by atoms with E-state index in [0.717, 1.165) is 5.56 Å². The van der Waals surface area contributed by atoms with Gasteiger partial charge in [-0.15, -0.1) is 0 Å². The molecule has 0 aliphatic carbocycles. The van der Waals surface area contributed by atoms with Crippen molar-refractivity contribution in [1.29, 1.82) is 0 Å². The number of nitrogens with one attached hydrogen (secondary N) is 2. The first-order valence-corrected chi connectivity index (χ1v) is 14.8. The number of aryl methyl sites for hydroxylation is 2. The maximum Gasteiger partial charge on any atom is 0.249 e.